The maximum absolute atomic E-state index is 11.8. The predicted octanol–water partition coefficient (Wildman–Crippen LogP) is 2.47. The number of amides is 1. The average Bonchev–Trinajstić information content (AvgIpc) is 2.63. The van der Waals surface area contributed by atoms with E-state index in [1.165, 1.54) is 6.07 Å². The molecule has 5 nitrogen and oxygen atoms in total. The van der Waals surface area contributed by atoms with Crippen LogP contribution >= 0.6 is 11.6 Å². The molecule has 0 bridgehead atoms. The minimum Gasteiger partial charge on any atom is -0.399 e. The molecule has 0 saturated carbocycles. The molecule has 1 aromatic carbocycles. The molecule has 0 saturated heterocycles. The van der Waals surface area contributed by atoms with E-state index in [9.17, 15) is 4.79 Å². The van der Waals surface area contributed by atoms with Gasteiger partial charge in [0.25, 0.3) is 5.91 Å². The summed E-state index contributed by atoms with van der Waals surface area (Å²) in [5, 5.41) is 6.49. The molecule has 2 aromatic rings. The number of nitrogens with two attached hydrogens (primary N) is 1. The number of benzene rings is 1. The molecule has 6 heteroatoms. The lowest BCUT2D eigenvalue weighted by Crippen LogP contribution is -2.12. The second-order valence-corrected chi connectivity index (χ2v) is 3.93. The van der Waals surface area contributed by atoms with E-state index in [1.54, 1.807) is 25.1 Å². The van der Waals surface area contributed by atoms with Crippen LogP contribution in [0.5, 0.6) is 0 Å². The Kier molecular flexibility index (Phi) is 3.01. The van der Waals surface area contributed by atoms with E-state index in [0.717, 1.165) is 0 Å². The number of nitrogen functional groups attached to an aromatic ring is 1. The highest BCUT2D eigenvalue weighted by atomic mass is 35.5. The SMILES string of the molecule is Cc1cc(NC(=O)c2ccc(N)cc2Cl)on1. The van der Waals surface area contributed by atoms with E-state index < -0.39 is 0 Å². The zero-order valence-electron chi connectivity index (χ0n) is 9.03. The third-order valence-electron chi connectivity index (χ3n) is 2.10. The Balaban J connectivity index is 2.20. The van der Waals surface area contributed by atoms with E-state index in [2.05, 4.69) is 10.5 Å². The molecule has 3 N–H and O–H groups in total. The highest BCUT2D eigenvalue weighted by Gasteiger charge is 2.12. The molecule has 0 atom stereocenters. The van der Waals surface area contributed by atoms with Gasteiger partial charge in [0.05, 0.1) is 16.3 Å². The Hall–Kier alpha value is -2.01. The van der Waals surface area contributed by atoms with Gasteiger partial charge in [0, 0.05) is 11.8 Å². The standard InChI is InChI=1S/C11H10ClN3O2/c1-6-4-10(17-15-6)14-11(16)8-3-2-7(13)5-9(8)12/h2-5H,13H2,1H3,(H,14,16). The summed E-state index contributed by atoms with van der Waals surface area (Å²) >= 11 is 5.91. The molecule has 1 aromatic heterocycles. The summed E-state index contributed by atoms with van der Waals surface area (Å²) in [7, 11) is 0. The van der Waals surface area contributed by atoms with Gasteiger partial charge in [0.15, 0.2) is 0 Å². The van der Waals surface area contributed by atoms with Crippen LogP contribution in [0.3, 0.4) is 0 Å². The normalized spacial score (nSPS) is 10.2. The lowest BCUT2D eigenvalue weighted by atomic mass is 10.2. The molecule has 88 valence electrons. The molecule has 0 aliphatic rings. The number of hydrogen-bond acceptors (Lipinski definition) is 4. The summed E-state index contributed by atoms with van der Waals surface area (Å²) in [5.74, 6) is -0.0912. The van der Waals surface area contributed by atoms with Crippen molar-refractivity contribution in [1.82, 2.24) is 5.16 Å². The maximum atomic E-state index is 11.8. The molecule has 1 amide bonds. The van der Waals surface area contributed by atoms with E-state index in [4.69, 9.17) is 21.9 Å². The van der Waals surface area contributed by atoms with Gasteiger partial charge >= 0.3 is 0 Å². The molecule has 17 heavy (non-hydrogen) atoms. The quantitative estimate of drug-likeness (QED) is 0.804. The van der Waals surface area contributed by atoms with E-state index >= 15 is 0 Å². The van der Waals surface area contributed by atoms with Gasteiger partial charge in [-0.25, -0.2) is 0 Å². The van der Waals surface area contributed by atoms with Crippen LogP contribution in [0, 0.1) is 6.92 Å². The first-order chi connectivity index (χ1) is 8.06. The van der Waals surface area contributed by atoms with Gasteiger partial charge < -0.3 is 10.3 Å². The van der Waals surface area contributed by atoms with Crippen LogP contribution in [0.25, 0.3) is 0 Å². The monoisotopic (exact) mass is 251 g/mol. The third kappa shape index (κ3) is 2.57. The molecule has 0 aliphatic heterocycles. The second kappa shape index (κ2) is 4.47. The van der Waals surface area contributed by atoms with Crippen molar-refractivity contribution >= 4 is 29.1 Å². The van der Waals surface area contributed by atoms with Gasteiger partial charge in [-0.05, 0) is 25.1 Å². The van der Waals surface area contributed by atoms with E-state index in [1.807, 2.05) is 0 Å². The lowest BCUT2D eigenvalue weighted by Gasteiger charge is -2.04. The Labute approximate surface area is 103 Å². The topological polar surface area (TPSA) is 81.2 Å². The number of aromatic nitrogens is 1. The largest absolute Gasteiger partial charge is 0.399 e. The zero-order valence-corrected chi connectivity index (χ0v) is 9.78. The molecule has 0 aliphatic carbocycles. The molecular weight excluding hydrogens is 242 g/mol. The van der Waals surface area contributed by atoms with Crippen molar-refractivity contribution < 1.29 is 9.32 Å². The minimum absolute atomic E-state index is 0.278. The van der Waals surface area contributed by atoms with Crippen LogP contribution in [0.4, 0.5) is 11.6 Å². The van der Waals surface area contributed by atoms with Crippen molar-refractivity contribution in [2.24, 2.45) is 0 Å². The van der Waals surface area contributed by atoms with Gasteiger partial charge in [-0.1, -0.05) is 16.8 Å². The molecular formula is C11H10ClN3O2. The van der Waals surface area contributed by atoms with Crippen molar-refractivity contribution in [2.45, 2.75) is 6.92 Å². The molecule has 0 radical (unpaired) electrons. The number of nitrogens with zero attached hydrogens (tertiary/aromatic N) is 1. The fourth-order valence-electron chi connectivity index (χ4n) is 1.32. The zero-order chi connectivity index (χ0) is 12.4. The van der Waals surface area contributed by atoms with Crippen LogP contribution in [0.1, 0.15) is 16.1 Å². The summed E-state index contributed by atoms with van der Waals surface area (Å²) in [4.78, 5) is 11.8. The summed E-state index contributed by atoms with van der Waals surface area (Å²) in [6.07, 6.45) is 0. The number of anilines is 2. The number of carbonyl (C=O) groups excluding carboxylic acids is 1. The van der Waals surface area contributed by atoms with E-state index in [-0.39, 0.29) is 11.8 Å². The third-order valence-corrected chi connectivity index (χ3v) is 2.42. The van der Waals surface area contributed by atoms with Crippen LogP contribution in [0.2, 0.25) is 5.02 Å². The number of nitrogens with one attached hydrogen (secondary N) is 1. The van der Waals surface area contributed by atoms with Crippen LogP contribution in [0.15, 0.2) is 28.8 Å². The first-order valence-corrected chi connectivity index (χ1v) is 5.24. The van der Waals surface area contributed by atoms with Gasteiger partial charge in [-0.2, -0.15) is 0 Å². The Morgan fingerprint density at radius 3 is 2.82 bits per heavy atom. The fraction of sp³-hybridized carbons (Fsp3) is 0.0909. The smallest absolute Gasteiger partial charge is 0.259 e. The first kappa shape index (κ1) is 11.5. The summed E-state index contributed by atoms with van der Waals surface area (Å²) < 4.78 is 4.87. The molecule has 2 rings (SSSR count). The highest BCUT2D eigenvalue weighted by Crippen LogP contribution is 2.20. The van der Waals surface area contributed by atoms with E-state index in [0.29, 0.717) is 22.0 Å². The average molecular weight is 252 g/mol. The van der Waals surface area contributed by atoms with Crippen molar-refractivity contribution in [3.05, 3.63) is 40.5 Å². The van der Waals surface area contributed by atoms with Crippen molar-refractivity contribution in [1.29, 1.82) is 0 Å². The van der Waals surface area contributed by atoms with Crippen molar-refractivity contribution in [3.63, 3.8) is 0 Å². The number of halogens is 1. The Bertz CT molecular complexity index is 566. The van der Waals surface area contributed by atoms with Gasteiger partial charge in [-0.15, -0.1) is 0 Å². The lowest BCUT2D eigenvalue weighted by molar-refractivity contribution is 0.102. The van der Waals surface area contributed by atoms with Gasteiger partial charge in [0.1, 0.15) is 0 Å². The summed E-state index contributed by atoms with van der Waals surface area (Å²) in [6, 6.07) is 6.29. The van der Waals surface area contributed by atoms with Gasteiger partial charge in [-0.3, -0.25) is 10.1 Å². The van der Waals surface area contributed by atoms with Crippen molar-refractivity contribution in [2.75, 3.05) is 11.1 Å². The number of carbonyl (C=O) groups is 1. The highest BCUT2D eigenvalue weighted by molar-refractivity contribution is 6.34. The fourth-order valence-corrected chi connectivity index (χ4v) is 1.59. The van der Waals surface area contributed by atoms with Crippen LogP contribution in [-0.4, -0.2) is 11.1 Å². The molecule has 0 fully saturated rings. The Morgan fingerprint density at radius 1 is 1.47 bits per heavy atom. The van der Waals surface area contributed by atoms with Crippen LogP contribution < -0.4 is 11.1 Å². The number of aryl methyl sites for hydroxylation is 1. The predicted molar refractivity (Wildman–Crippen MR) is 65.1 cm³/mol. The summed E-state index contributed by atoms with van der Waals surface area (Å²) in [6.45, 7) is 1.76. The molecule has 0 unspecified atom stereocenters. The number of hydrogen-bond donors (Lipinski definition) is 2. The molecule has 1 heterocycles. The second-order valence-electron chi connectivity index (χ2n) is 3.53. The molecule has 0 spiro atoms. The minimum atomic E-state index is -0.369. The number of rotatable bonds is 2. The van der Waals surface area contributed by atoms with Crippen LogP contribution in [-0.2, 0) is 0 Å². The first-order valence-electron chi connectivity index (χ1n) is 4.86. The Morgan fingerprint density at radius 2 is 2.24 bits per heavy atom. The van der Waals surface area contributed by atoms with Crippen molar-refractivity contribution in [3.8, 4) is 0 Å². The van der Waals surface area contributed by atoms with Gasteiger partial charge in [0.2, 0.25) is 5.88 Å². The summed E-state index contributed by atoms with van der Waals surface area (Å²) in [5.41, 5.74) is 7.05. The maximum Gasteiger partial charge on any atom is 0.259 e.